The maximum atomic E-state index is 13.6. The van der Waals surface area contributed by atoms with Crippen molar-refractivity contribution < 1.29 is 33.5 Å². The second-order valence-electron chi connectivity index (χ2n) is 16.7. The number of imide groups is 2. The van der Waals surface area contributed by atoms with E-state index in [0.717, 1.165) is 62.5 Å². The monoisotopic (exact) mass is 835 g/mol. The Morgan fingerprint density at radius 2 is 1.61 bits per heavy atom. The van der Waals surface area contributed by atoms with Gasteiger partial charge >= 0.3 is 0 Å². The maximum absolute atomic E-state index is 13.6. The Hall–Kier alpha value is -6.81. The van der Waals surface area contributed by atoms with Crippen LogP contribution in [0.4, 0.5) is 5.69 Å². The molecule has 0 saturated carbocycles. The lowest BCUT2D eigenvalue weighted by molar-refractivity contribution is -0.136. The Labute approximate surface area is 356 Å². The number of piperidine rings is 2. The predicted molar refractivity (Wildman–Crippen MR) is 226 cm³/mol. The summed E-state index contributed by atoms with van der Waals surface area (Å²) in [4.78, 5) is 96.5. The van der Waals surface area contributed by atoms with Crippen LogP contribution in [0.2, 0.25) is 0 Å². The fraction of sp³-hybridized carbons (Fsp3) is 0.370. The topological polar surface area (TPSA) is 189 Å². The number of anilines is 1. The molecule has 5 aliphatic heterocycles. The number of amides is 6. The van der Waals surface area contributed by atoms with Crippen LogP contribution in [0, 0.1) is 0 Å². The molecule has 62 heavy (non-hydrogen) atoms. The fourth-order valence-corrected chi connectivity index (χ4v) is 9.60. The number of hydrogen-bond donors (Lipinski definition) is 2. The van der Waals surface area contributed by atoms with Crippen LogP contribution in [-0.2, 0) is 32.2 Å². The van der Waals surface area contributed by atoms with Gasteiger partial charge in [-0.25, -0.2) is 4.98 Å². The molecule has 2 aromatic carbocycles. The van der Waals surface area contributed by atoms with Gasteiger partial charge in [0.2, 0.25) is 17.7 Å². The van der Waals surface area contributed by atoms with Gasteiger partial charge in [0.25, 0.3) is 17.7 Å². The number of rotatable bonds is 7. The van der Waals surface area contributed by atoms with E-state index in [-0.39, 0.29) is 41.8 Å². The summed E-state index contributed by atoms with van der Waals surface area (Å²) in [5.41, 5.74) is 5.64. The van der Waals surface area contributed by atoms with E-state index in [9.17, 15) is 28.8 Å². The largest absolute Gasteiger partial charge is 0.382 e. The summed E-state index contributed by atoms with van der Waals surface area (Å²) in [6.45, 7) is 5.84. The minimum absolute atomic E-state index is 0.0487. The fourth-order valence-electron chi connectivity index (χ4n) is 9.60. The van der Waals surface area contributed by atoms with E-state index in [1.165, 1.54) is 0 Å². The van der Waals surface area contributed by atoms with E-state index in [1.54, 1.807) is 42.3 Å². The second-order valence-corrected chi connectivity index (χ2v) is 16.7. The zero-order valence-electron chi connectivity index (χ0n) is 34.3. The Morgan fingerprint density at radius 3 is 2.37 bits per heavy atom. The number of hydrogen-bond acceptors (Lipinski definition) is 11. The number of fused-ring (bicyclic) bond motifs is 3. The number of aromatic nitrogens is 4. The van der Waals surface area contributed by atoms with E-state index >= 15 is 0 Å². The van der Waals surface area contributed by atoms with Gasteiger partial charge < -0.3 is 24.4 Å². The third kappa shape index (κ3) is 6.97. The summed E-state index contributed by atoms with van der Waals surface area (Å²) in [5, 5.41) is 7.59. The number of nitrogens with one attached hydrogen (secondary N) is 2. The average Bonchev–Trinajstić information content (AvgIpc) is 3.80. The van der Waals surface area contributed by atoms with Gasteiger partial charge in [-0.1, -0.05) is 24.3 Å². The van der Waals surface area contributed by atoms with E-state index in [2.05, 4.69) is 32.3 Å². The van der Waals surface area contributed by atoms with E-state index in [4.69, 9.17) is 14.7 Å². The highest BCUT2D eigenvalue weighted by atomic mass is 16.5. The Kier molecular flexibility index (Phi) is 10.1. The minimum Gasteiger partial charge on any atom is -0.382 e. The van der Waals surface area contributed by atoms with Crippen LogP contribution in [0.1, 0.15) is 94.1 Å². The van der Waals surface area contributed by atoms with Crippen molar-refractivity contribution in [2.45, 2.75) is 76.5 Å². The van der Waals surface area contributed by atoms with Gasteiger partial charge in [-0.2, -0.15) is 0 Å². The summed E-state index contributed by atoms with van der Waals surface area (Å²) in [6, 6.07) is 15.7. The number of benzene rings is 2. The highest BCUT2D eigenvalue weighted by molar-refractivity contribution is 6.25. The molecule has 3 aromatic heterocycles. The minimum atomic E-state index is -1.04. The number of pyridine rings is 2. The van der Waals surface area contributed by atoms with Gasteiger partial charge in [-0.3, -0.25) is 49.0 Å². The molecule has 0 radical (unpaired) electrons. The van der Waals surface area contributed by atoms with Crippen molar-refractivity contribution in [1.29, 1.82) is 0 Å². The van der Waals surface area contributed by atoms with E-state index < -0.39 is 29.7 Å². The SMILES string of the molecule is CC(=O)N1CCn2c(C3CCOCC3)nc(-c3cccc4cc(-c5ccc(C(=O)N6CCC(Nc7cccc8c7C(=O)N(C7CCC(=O)NC7=O)C8=O)CC6)nc5)ncc34)c2C1. The van der Waals surface area contributed by atoms with Crippen molar-refractivity contribution in [2.24, 2.45) is 0 Å². The molecule has 0 aliphatic carbocycles. The summed E-state index contributed by atoms with van der Waals surface area (Å²) >= 11 is 0. The number of carbonyl (C=O) groups excluding carboxylic acids is 6. The molecule has 6 amide bonds. The molecule has 0 spiro atoms. The normalized spacial score (nSPS) is 19.8. The molecule has 1 atom stereocenters. The molecule has 0 bridgehead atoms. The van der Waals surface area contributed by atoms with Gasteiger partial charge in [-0.05, 0) is 67.8 Å². The maximum Gasteiger partial charge on any atom is 0.272 e. The quantitative estimate of drug-likeness (QED) is 0.219. The zero-order chi connectivity index (χ0) is 42.6. The van der Waals surface area contributed by atoms with Crippen LogP contribution in [-0.4, -0.2) is 115 Å². The van der Waals surface area contributed by atoms with Gasteiger partial charge in [0.05, 0.1) is 34.8 Å². The molecule has 2 N–H and O–H groups in total. The van der Waals surface area contributed by atoms with Gasteiger partial charge in [-0.15, -0.1) is 0 Å². The van der Waals surface area contributed by atoms with Crippen molar-refractivity contribution in [2.75, 3.05) is 38.2 Å². The molecule has 5 aliphatic rings. The summed E-state index contributed by atoms with van der Waals surface area (Å²) in [7, 11) is 0. The first-order valence-corrected chi connectivity index (χ1v) is 21.3. The molecule has 8 heterocycles. The van der Waals surface area contributed by atoms with E-state index in [1.807, 2.05) is 29.3 Å². The third-order valence-electron chi connectivity index (χ3n) is 13.0. The molecule has 5 aromatic rings. The molecule has 16 heteroatoms. The number of imidazole rings is 1. The molecule has 3 saturated heterocycles. The van der Waals surface area contributed by atoms with Gasteiger partial charge in [0.15, 0.2) is 0 Å². The van der Waals surface area contributed by atoms with Crippen molar-refractivity contribution in [3.8, 4) is 22.5 Å². The molecular formula is C46H45N9O7. The highest BCUT2D eigenvalue weighted by Crippen LogP contribution is 2.38. The third-order valence-corrected chi connectivity index (χ3v) is 13.0. The van der Waals surface area contributed by atoms with E-state index in [0.29, 0.717) is 76.1 Å². The smallest absolute Gasteiger partial charge is 0.272 e. The molecule has 316 valence electrons. The second kappa shape index (κ2) is 15.9. The van der Waals surface area contributed by atoms with Crippen molar-refractivity contribution in [3.63, 3.8) is 0 Å². The molecule has 16 nitrogen and oxygen atoms in total. The lowest BCUT2D eigenvalue weighted by Crippen LogP contribution is -2.54. The number of ether oxygens (including phenoxy) is 1. The summed E-state index contributed by atoms with van der Waals surface area (Å²) < 4.78 is 7.98. The van der Waals surface area contributed by atoms with Crippen molar-refractivity contribution in [1.82, 2.24) is 39.5 Å². The predicted octanol–water partition coefficient (Wildman–Crippen LogP) is 4.53. The average molecular weight is 836 g/mol. The Balaban J connectivity index is 0.815. The number of nitrogens with zero attached hydrogens (tertiary/aromatic N) is 7. The number of carbonyl (C=O) groups is 6. The van der Waals surface area contributed by atoms with Crippen LogP contribution in [0.15, 0.2) is 67.0 Å². The Morgan fingerprint density at radius 1 is 0.823 bits per heavy atom. The van der Waals surface area contributed by atoms with Crippen molar-refractivity contribution >= 4 is 51.9 Å². The van der Waals surface area contributed by atoms with Crippen LogP contribution in [0.3, 0.4) is 0 Å². The molecule has 1 unspecified atom stereocenters. The first kappa shape index (κ1) is 39.3. The molecule has 3 fully saturated rings. The van der Waals surface area contributed by atoms with Gasteiger partial charge in [0.1, 0.15) is 17.6 Å². The van der Waals surface area contributed by atoms with Crippen LogP contribution < -0.4 is 10.6 Å². The summed E-state index contributed by atoms with van der Waals surface area (Å²) in [6.07, 6.45) is 6.72. The van der Waals surface area contributed by atoms with Crippen molar-refractivity contribution in [3.05, 3.63) is 95.3 Å². The lowest BCUT2D eigenvalue weighted by atomic mass is 9.99. The number of likely N-dealkylation sites (tertiary alicyclic amines) is 1. The molecule has 10 rings (SSSR count). The Bertz CT molecular complexity index is 2680. The van der Waals surface area contributed by atoms with Crippen LogP contribution in [0.5, 0.6) is 0 Å². The standard InChI is InChI=1S/C46H45N9O7/c1-26(56)53-18-19-54-38(25-53)41(51-42(54)27-14-20-62-21-15-27)31-5-2-4-28-22-36(48-24-33(28)31)29-8-9-35(47-23-29)45(60)52-16-12-30(13-17-52)49-34-7-3-6-32-40(34)46(61)55(44(32)59)37-10-11-39(57)50-43(37)58/h2-9,22-24,27,30,37,49H,10-21,25H2,1H3,(H,50,57,58). The first-order valence-electron chi connectivity index (χ1n) is 21.3. The lowest BCUT2D eigenvalue weighted by Gasteiger charge is -2.33. The van der Waals surface area contributed by atoms with Crippen LogP contribution in [0.25, 0.3) is 33.3 Å². The summed E-state index contributed by atoms with van der Waals surface area (Å²) in [5.74, 6) is -0.960. The zero-order valence-corrected chi connectivity index (χ0v) is 34.3. The van der Waals surface area contributed by atoms with Crippen LogP contribution >= 0.6 is 0 Å². The highest BCUT2D eigenvalue weighted by Gasteiger charge is 2.46. The molecular weight excluding hydrogens is 791 g/mol. The van der Waals surface area contributed by atoms with Gasteiger partial charge in [0, 0.05) is 99.3 Å². The first-order chi connectivity index (χ1) is 30.1.